The zero-order valence-corrected chi connectivity index (χ0v) is 12.5. The van der Waals surface area contributed by atoms with Gasteiger partial charge >= 0.3 is 0 Å². The Labute approximate surface area is 116 Å². The molecule has 108 valence electrons. The third-order valence-electron chi connectivity index (χ3n) is 5.46. The van der Waals surface area contributed by atoms with Crippen molar-refractivity contribution in [3.8, 4) is 0 Å². The topological polar surface area (TPSA) is 46.3 Å². The van der Waals surface area contributed by atoms with E-state index in [1.54, 1.807) is 0 Å². The van der Waals surface area contributed by atoms with Crippen LogP contribution in [-0.2, 0) is 4.79 Å². The predicted octanol–water partition coefficient (Wildman–Crippen LogP) is 2.54. The van der Waals surface area contributed by atoms with Gasteiger partial charge in [-0.3, -0.25) is 4.79 Å². The molecule has 1 aliphatic heterocycles. The van der Waals surface area contributed by atoms with E-state index < -0.39 is 0 Å². The van der Waals surface area contributed by atoms with Crippen LogP contribution in [0.3, 0.4) is 0 Å². The molecule has 0 spiro atoms. The summed E-state index contributed by atoms with van der Waals surface area (Å²) in [4.78, 5) is 14.9. The van der Waals surface area contributed by atoms with Gasteiger partial charge in [-0.1, -0.05) is 26.7 Å². The number of carbonyl (C=O) groups excluding carboxylic acids is 1. The van der Waals surface area contributed by atoms with Crippen molar-refractivity contribution >= 4 is 5.91 Å². The molecule has 0 bridgehead atoms. The highest BCUT2D eigenvalue weighted by atomic mass is 16.2. The number of carbonyl (C=O) groups is 1. The van der Waals surface area contributed by atoms with Crippen LogP contribution in [0.4, 0.5) is 0 Å². The summed E-state index contributed by atoms with van der Waals surface area (Å²) < 4.78 is 0. The Kier molecular flexibility index (Phi) is 3.16. The molecule has 0 unspecified atom stereocenters. The number of nitrogens with two attached hydrogens (primary N) is 1. The minimum Gasteiger partial charge on any atom is -0.338 e. The molecule has 2 saturated carbocycles. The fourth-order valence-corrected chi connectivity index (χ4v) is 4.40. The van der Waals surface area contributed by atoms with E-state index in [4.69, 9.17) is 5.73 Å². The summed E-state index contributed by atoms with van der Waals surface area (Å²) in [5.74, 6) is 1.72. The van der Waals surface area contributed by atoms with Crippen LogP contribution in [-0.4, -0.2) is 29.4 Å². The summed E-state index contributed by atoms with van der Waals surface area (Å²) in [6, 6.07) is 0. The average Bonchev–Trinajstić information content (AvgIpc) is 3.06. The molecule has 0 radical (unpaired) electrons. The van der Waals surface area contributed by atoms with Crippen LogP contribution in [0.1, 0.15) is 58.8 Å². The number of rotatable bonds is 4. The van der Waals surface area contributed by atoms with E-state index >= 15 is 0 Å². The number of amides is 1. The lowest BCUT2D eigenvalue weighted by Crippen LogP contribution is -2.71. The Morgan fingerprint density at radius 2 is 1.84 bits per heavy atom. The Morgan fingerprint density at radius 1 is 1.26 bits per heavy atom. The van der Waals surface area contributed by atoms with Crippen molar-refractivity contribution in [2.24, 2.45) is 23.0 Å². The quantitative estimate of drug-likeness (QED) is 0.848. The molecule has 0 aromatic carbocycles. The molecule has 1 heterocycles. The molecule has 2 aliphatic carbocycles. The van der Waals surface area contributed by atoms with E-state index in [2.05, 4.69) is 18.7 Å². The van der Waals surface area contributed by atoms with Crippen molar-refractivity contribution in [1.82, 2.24) is 4.90 Å². The van der Waals surface area contributed by atoms with Crippen molar-refractivity contribution in [2.75, 3.05) is 13.1 Å². The zero-order valence-electron chi connectivity index (χ0n) is 12.5. The molecular formula is C16H28N2O. The second-order valence-electron chi connectivity index (χ2n) is 7.75. The molecule has 1 amide bonds. The van der Waals surface area contributed by atoms with Gasteiger partial charge in [0.05, 0.1) is 5.54 Å². The molecule has 1 saturated heterocycles. The Morgan fingerprint density at radius 3 is 2.32 bits per heavy atom. The van der Waals surface area contributed by atoms with E-state index in [0.29, 0.717) is 17.7 Å². The molecule has 19 heavy (non-hydrogen) atoms. The second kappa shape index (κ2) is 4.47. The summed E-state index contributed by atoms with van der Waals surface area (Å²) in [6.45, 7) is 6.11. The Hall–Kier alpha value is -0.570. The van der Waals surface area contributed by atoms with Crippen molar-refractivity contribution in [1.29, 1.82) is 0 Å². The smallest absolute Gasteiger partial charge is 0.228 e. The first kappa shape index (κ1) is 13.4. The second-order valence-corrected chi connectivity index (χ2v) is 7.75. The third-order valence-corrected chi connectivity index (χ3v) is 5.46. The zero-order chi connectivity index (χ0) is 13.7. The molecule has 0 aromatic rings. The molecule has 0 atom stereocenters. The lowest BCUT2D eigenvalue weighted by atomic mass is 9.75. The van der Waals surface area contributed by atoms with Crippen LogP contribution in [0.5, 0.6) is 0 Å². The van der Waals surface area contributed by atoms with Crippen molar-refractivity contribution in [2.45, 2.75) is 64.3 Å². The minimum atomic E-state index is -0.0426. The molecule has 3 rings (SSSR count). The molecular weight excluding hydrogens is 236 g/mol. The van der Waals surface area contributed by atoms with Crippen LogP contribution in [0, 0.1) is 17.3 Å². The van der Waals surface area contributed by atoms with E-state index in [9.17, 15) is 4.79 Å². The lowest BCUT2D eigenvalue weighted by molar-refractivity contribution is -0.151. The summed E-state index contributed by atoms with van der Waals surface area (Å²) in [7, 11) is 0. The summed E-state index contributed by atoms with van der Waals surface area (Å²) >= 11 is 0. The molecule has 3 aliphatic rings. The van der Waals surface area contributed by atoms with Gasteiger partial charge in [0.1, 0.15) is 0 Å². The standard InChI is InChI=1S/C16H28N2O/c1-12(2)9-15(7-3-4-8-15)14(19)18-10-16(17,11-18)13-5-6-13/h12-13H,3-11,17H2,1-2H3. The Balaban J connectivity index is 1.65. The number of likely N-dealkylation sites (tertiary alicyclic amines) is 1. The van der Waals surface area contributed by atoms with Gasteiger partial charge in [0.25, 0.3) is 0 Å². The van der Waals surface area contributed by atoms with Gasteiger partial charge in [0.15, 0.2) is 0 Å². The van der Waals surface area contributed by atoms with Gasteiger partial charge in [0.2, 0.25) is 5.91 Å². The van der Waals surface area contributed by atoms with E-state index in [-0.39, 0.29) is 11.0 Å². The number of hydrogen-bond donors (Lipinski definition) is 1. The first-order valence-corrected chi connectivity index (χ1v) is 8.03. The largest absolute Gasteiger partial charge is 0.338 e. The Bertz CT molecular complexity index is 361. The van der Waals surface area contributed by atoms with Crippen LogP contribution in [0.15, 0.2) is 0 Å². The van der Waals surface area contributed by atoms with Crippen LogP contribution in [0.2, 0.25) is 0 Å². The first-order chi connectivity index (χ1) is 8.95. The van der Waals surface area contributed by atoms with E-state index in [0.717, 1.165) is 32.4 Å². The van der Waals surface area contributed by atoms with Crippen molar-refractivity contribution < 1.29 is 4.79 Å². The number of hydrogen-bond acceptors (Lipinski definition) is 2. The highest BCUT2D eigenvalue weighted by Gasteiger charge is 2.55. The molecule has 2 N–H and O–H groups in total. The van der Waals surface area contributed by atoms with Crippen molar-refractivity contribution in [3.05, 3.63) is 0 Å². The maximum Gasteiger partial charge on any atom is 0.228 e. The highest BCUT2D eigenvalue weighted by Crippen LogP contribution is 2.48. The van der Waals surface area contributed by atoms with Gasteiger partial charge in [-0.25, -0.2) is 0 Å². The predicted molar refractivity (Wildman–Crippen MR) is 76.6 cm³/mol. The van der Waals surface area contributed by atoms with Gasteiger partial charge in [0, 0.05) is 18.5 Å². The lowest BCUT2D eigenvalue weighted by Gasteiger charge is -2.51. The normalized spacial score (nSPS) is 28.5. The molecule has 3 fully saturated rings. The maximum absolute atomic E-state index is 12.9. The van der Waals surface area contributed by atoms with Crippen molar-refractivity contribution in [3.63, 3.8) is 0 Å². The van der Waals surface area contributed by atoms with Crippen LogP contribution >= 0.6 is 0 Å². The van der Waals surface area contributed by atoms with Gasteiger partial charge < -0.3 is 10.6 Å². The summed E-state index contributed by atoms with van der Waals surface area (Å²) in [5, 5.41) is 0. The van der Waals surface area contributed by atoms with Gasteiger partial charge in [-0.05, 0) is 43.9 Å². The molecule has 0 aromatic heterocycles. The average molecular weight is 264 g/mol. The van der Waals surface area contributed by atoms with E-state index in [1.165, 1.54) is 25.7 Å². The fourth-order valence-electron chi connectivity index (χ4n) is 4.40. The van der Waals surface area contributed by atoms with E-state index in [1.807, 2.05) is 0 Å². The van der Waals surface area contributed by atoms with Crippen LogP contribution < -0.4 is 5.73 Å². The minimum absolute atomic E-state index is 0.0344. The third kappa shape index (κ3) is 2.31. The van der Waals surface area contributed by atoms with Gasteiger partial charge in [-0.2, -0.15) is 0 Å². The first-order valence-electron chi connectivity index (χ1n) is 8.03. The fraction of sp³-hybridized carbons (Fsp3) is 0.938. The molecule has 3 nitrogen and oxygen atoms in total. The summed E-state index contributed by atoms with van der Waals surface area (Å²) in [6.07, 6.45) is 8.25. The van der Waals surface area contributed by atoms with Gasteiger partial charge in [-0.15, -0.1) is 0 Å². The monoisotopic (exact) mass is 264 g/mol. The SMILES string of the molecule is CC(C)CC1(C(=O)N2CC(N)(C3CC3)C2)CCCC1. The maximum atomic E-state index is 12.9. The number of nitrogens with zero attached hydrogens (tertiary/aromatic N) is 1. The highest BCUT2D eigenvalue weighted by molar-refractivity contribution is 5.84. The molecule has 3 heteroatoms. The van der Waals surface area contributed by atoms with Crippen LogP contribution in [0.25, 0.3) is 0 Å². The summed E-state index contributed by atoms with van der Waals surface area (Å²) in [5.41, 5.74) is 6.31.